The standard InChI is InChI=1S/C14H18O5/c1-18-14(13(16)17)19-12-7-3-5-10-9(8-15)4-2-6-11(10)12/h3,5,7,9,14-15H,2,4,6,8H2,1H3,(H,16,17). The average molecular weight is 266 g/mol. The molecule has 0 spiro atoms. The lowest BCUT2D eigenvalue weighted by molar-refractivity contribution is -0.166. The van der Waals surface area contributed by atoms with E-state index in [2.05, 4.69) is 0 Å². The summed E-state index contributed by atoms with van der Waals surface area (Å²) in [7, 11) is 1.30. The van der Waals surface area contributed by atoms with Crippen molar-refractivity contribution in [1.29, 1.82) is 0 Å². The van der Waals surface area contributed by atoms with Crippen LogP contribution in [-0.2, 0) is 16.0 Å². The topological polar surface area (TPSA) is 76.0 Å². The van der Waals surface area contributed by atoms with Gasteiger partial charge in [0.15, 0.2) is 0 Å². The zero-order valence-corrected chi connectivity index (χ0v) is 10.8. The van der Waals surface area contributed by atoms with Gasteiger partial charge in [-0.25, -0.2) is 4.79 Å². The van der Waals surface area contributed by atoms with Gasteiger partial charge < -0.3 is 19.7 Å². The largest absolute Gasteiger partial charge is 0.477 e. The predicted octanol–water partition coefficient (Wildman–Crippen LogP) is 1.53. The third-order valence-corrected chi connectivity index (χ3v) is 3.46. The summed E-state index contributed by atoms with van der Waals surface area (Å²) in [6.45, 7) is 0.100. The molecular weight excluding hydrogens is 248 g/mol. The number of carbonyl (C=O) groups is 1. The Morgan fingerprint density at radius 1 is 1.53 bits per heavy atom. The maximum Gasteiger partial charge on any atom is 0.373 e. The van der Waals surface area contributed by atoms with Crippen molar-refractivity contribution < 1.29 is 24.5 Å². The summed E-state index contributed by atoms with van der Waals surface area (Å²) >= 11 is 0. The van der Waals surface area contributed by atoms with Crippen molar-refractivity contribution >= 4 is 5.97 Å². The molecule has 1 aliphatic rings. The van der Waals surface area contributed by atoms with Gasteiger partial charge in [0.05, 0.1) is 0 Å². The highest BCUT2D eigenvalue weighted by atomic mass is 16.7. The summed E-state index contributed by atoms with van der Waals surface area (Å²) < 4.78 is 10.2. The molecule has 5 heteroatoms. The molecule has 5 nitrogen and oxygen atoms in total. The highest BCUT2D eigenvalue weighted by Crippen LogP contribution is 2.36. The van der Waals surface area contributed by atoms with Crippen molar-refractivity contribution in [3.63, 3.8) is 0 Å². The van der Waals surface area contributed by atoms with Crippen LogP contribution in [0.25, 0.3) is 0 Å². The molecule has 1 aromatic rings. The van der Waals surface area contributed by atoms with Gasteiger partial charge in [-0.1, -0.05) is 12.1 Å². The zero-order chi connectivity index (χ0) is 13.8. The summed E-state index contributed by atoms with van der Waals surface area (Å²) in [4.78, 5) is 10.9. The second-order valence-corrected chi connectivity index (χ2v) is 4.62. The number of ether oxygens (including phenoxy) is 2. The fourth-order valence-electron chi connectivity index (χ4n) is 2.53. The second-order valence-electron chi connectivity index (χ2n) is 4.62. The van der Waals surface area contributed by atoms with Crippen LogP contribution in [0.4, 0.5) is 0 Å². The molecule has 2 unspecified atom stereocenters. The van der Waals surface area contributed by atoms with Gasteiger partial charge in [0.2, 0.25) is 0 Å². The molecule has 0 saturated carbocycles. The zero-order valence-electron chi connectivity index (χ0n) is 10.8. The van der Waals surface area contributed by atoms with Gasteiger partial charge >= 0.3 is 5.97 Å². The minimum atomic E-state index is -1.30. The fraction of sp³-hybridized carbons (Fsp3) is 0.500. The van der Waals surface area contributed by atoms with Crippen LogP contribution in [0, 0.1) is 0 Å². The van der Waals surface area contributed by atoms with Gasteiger partial charge in [0, 0.05) is 19.6 Å². The summed E-state index contributed by atoms with van der Waals surface area (Å²) in [6.07, 6.45) is 1.43. The fourth-order valence-corrected chi connectivity index (χ4v) is 2.53. The first-order valence-electron chi connectivity index (χ1n) is 6.32. The Hall–Kier alpha value is -1.59. The number of aliphatic carboxylic acids is 1. The number of carboxylic acid groups (broad SMARTS) is 1. The van der Waals surface area contributed by atoms with E-state index in [1.807, 2.05) is 12.1 Å². The number of methoxy groups -OCH3 is 1. The Bertz CT molecular complexity index is 457. The first kappa shape index (κ1) is 13.8. The van der Waals surface area contributed by atoms with Gasteiger partial charge in [-0.05, 0) is 36.5 Å². The van der Waals surface area contributed by atoms with Crippen molar-refractivity contribution in [3.8, 4) is 5.75 Å². The summed E-state index contributed by atoms with van der Waals surface area (Å²) in [5.41, 5.74) is 2.03. The molecule has 2 rings (SSSR count). The Morgan fingerprint density at radius 3 is 2.95 bits per heavy atom. The SMILES string of the molecule is COC(Oc1cccc2c1CCCC2CO)C(=O)O. The Kier molecular flexibility index (Phi) is 4.39. The number of aliphatic hydroxyl groups is 1. The van der Waals surface area contributed by atoms with Gasteiger partial charge in [0.1, 0.15) is 5.75 Å². The maximum absolute atomic E-state index is 10.9. The number of hydrogen-bond acceptors (Lipinski definition) is 4. The van der Waals surface area contributed by atoms with Crippen molar-refractivity contribution in [2.75, 3.05) is 13.7 Å². The van der Waals surface area contributed by atoms with E-state index in [0.29, 0.717) is 5.75 Å². The molecule has 0 aliphatic heterocycles. The van der Waals surface area contributed by atoms with Gasteiger partial charge in [-0.15, -0.1) is 0 Å². The third kappa shape index (κ3) is 2.88. The molecule has 0 aromatic heterocycles. The second kappa shape index (κ2) is 6.04. The van der Waals surface area contributed by atoms with Gasteiger partial charge in [0.25, 0.3) is 6.29 Å². The number of rotatable bonds is 5. The first-order chi connectivity index (χ1) is 9.17. The molecule has 19 heavy (non-hydrogen) atoms. The lowest BCUT2D eigenvalue weighted by Gasteiger charge is -2.26. The Balaban J connectivity index is 2.29. The molecule has 0 fully saturated rings. The molecule has 0 bridgehead atoms. The van der Waals surface area contributed by atoms with Crippen LogP contribution >= 0.6 is 0 Å². The molecule has 2 atom stereocenters. The van der Waals surface area contributed by atoms with E-state index >= 15 is 0 Å². The molecule has 0 amide bonds. The van der Waals surface area contributed by atoms with Crippen LogP contribution in [0.1, 0.15) is 29.9 Å². The average Bonchev–Trinajstić information content (AvgIpc) is 2.43. The first-order valence-corrected chi connectivity index (χ1v) is 6.32. The minimum absolute atomic E-state index is 0.100. The van der Waals surface area contributed by atoms with Crippen LogP contribution in [-0.4, -0.2) is 36.2 Å². The minimum Gasteiger partial charge on any atom is -0.477 e. The van der Waals surface area contributed by atoms with E-state index in [1.165, 1.54) is 7.11 Å². The number of benzene rings is 1. The van der Waals surface area contributed by atoms with Crippen LogP contribution in [0.5, 0.6) is 5.75 Å². The molecule has 0 radical (unpaired) electrons. The van der Waals surface area contributed by atoms with E-state index < -0.39 is 12.3 Å². The highest BCUT2D eigenvalue weighted by Gasteiger charge is 2.25. The van der Waals surface area contributed by atoms with E-state index in [1.54, 1.807) is 6.07 Å². The smallest absolute Gasteiger partial charge is 0.373 e. The van der Waals surface area contributed by atoms with E-state index in [0.717, 1.165) is 30.4 Å². The lowest BCUT2D eigenvalue weighted by Crippen LogP contribution is -2.29. The van der Waals surface area contributed by atoms with Crippen molar-refractivity contribution in [3.05, 3.63) is 29.3 Å². The molecule has 0 saturated heterocycles. The van der Waals surface area contributed by atoms with Crippen molar-refractivity contribution in [1.82, 2.24) is 0 Å². The molecular formula is C14H18O5. The molecule has 1 aliphatic carbocycles. The van der Waals surface area contributed by atoms with E-state index in [9.17, 15) is 9.90 Å². The monoisotopic (exact) mass is 266 g/mol. The normalized spacial score (nSPS) is 19.6. The number of carboxylic acids is 1. The summed E-state index contributed by atoms with van der Waals surface area (Å²) in [5, 5.41) is 18.3. The molecule has 104 valence electrons. The Labute approximate surface area is 111 Å². The molecule has 2 N–H and O–H groups in total. The summed E-state index contributed by atoms with van der Waals surface area (Å²) in [5.74, 6) is -0.516. The Morgan fingerprint density at radius 2 is 2.32 bits per heavy atom. The maximum atomic E-state index is 10.9. The van der Waals surface area contributed by atoms with Crippen LogP contribution in [0.3, 0.4) is 0 Å². The van der Waals surface area contributed by atoms with Crippen LogP contribution < -0.4 is 4.74 Å². The number of hydrogen-bond donors (Lipinski definition) is 2. The van der Waals surface area contributed by atoms with Crippen LogP contribution in [0.2, 0.25) is 0 Å². The lowest BCUT2D eigenvalue weighted by atomic mass is 9.83. The van der Waals surface area contributed by atoms with E-state index in [4.69, 9.17) is 14.6 Å². The van der Waals surface area contributed by atoms with Crippen LogP contribution in [0.15, 0.2) is 18.2 Å². The van der Waals surface area contributed by atoms with Crippen molar-refractivity contribution in [2.24, 2.45) is 0 Å². The molecule has 0 heterocycles. The van der Waals surface area contributed by atoms with E-state index in [-0.39, 0.29) is 12.5 Å². The third-order valence-electron chi connectivity index (χ3n) is 3.46. The van der Waals surface area contributed by atoms with Crippen molar-refractivity contribution in [2.45, 2.75) is 31.5 Å². The predicted molar refractivity (Wildman–Crippen MR) is 68.3 cm³/mol. The highest BCUT2D eigenvalue weighted by molar-refractivity contribution is 5.71. The van der Waals surface area contributed by atoms with Gasteiger partial charge in [-0.3, -0.25) is 0 Å². The molecule has 1 aromatic carbocycles. The quantitative estimate of drug-likeness (QED) is 0.790. The summed E-state index contributed by atoms with van der Waals surface area (Å²) in [6, 6.07) is 5.52. The number of aliphatic hydroxyl groups excluding tert-OH is 1. The van der Waals surface area contributed by atoms with Gasteiger partial charge in [-0.2, -0.15) is 0 Å². The number of fused-ring (bicyclic) bond motifs is 1.